The number of aromatic nitrogens is 2. The molecule has 1 heterocycles. The van der Waals surface area contributed by atoms with Gasteiger partial charge in [-0.1, -0.05) is 12.1 Å². The molecular formula is C12H14N2S. The standard InChI is InChI=1S/C12H14N2S/c1-9-4-3-5-12(6-9)14-10(2)11(8-15)7-13-14/h3-7,15H,8H2,1-2H3. The number of nitrogens with zero attached hydrogens (tertiary/aromatic N) is 2. The number of aryl methyl sites for hydroxylation is 1. The van der Waals surface area contributed by atoms with Crippen LogP contribution in [0.1, 0.15) is 16.8 Å². The van der Waals surface area contributed by atoms with E-state index in [4.69, 9.17) is 0 Å². The summed E-state index contributed by atoms with van der Waals surface area (Å²) in [5, 5.41) is 4.37. The molecule has 0 fully saturated rings. The third-order valence-electron chi connectivity index (χ3n) is 2.53. The molecule has 0 N–H and O–H groups in total. The zero-order valence-corrected chi connectivity index (χ0v) is 9.83. The highest BCUT2D eigenvalue weighted by molar-refractivity contribution is 7.79. The average molecular weight is 218 g/mol. The van der Waals surface area contributed by atoms with Crippen LogP contribution >= 0.6 is 12.6 Å². The fourth-order valence-corrected chi connectivity index (χ4v) is 1.93. The molecule has 0 bridgehead atoms. The predicted molar refractivity (Wildman–Crippen MR) is 65.7 cm³/mol. The molecule has 15 heavy (non-hydrogen) atoms. The summed E-state index contributed by atoms with van der Waals surface area (Å²) in [6, 6.07) is 8.33. The Labute approximate surface area is 95.3 Å². The van der Waals surface area contributed by atoms with Crippen LogP contribution in [0.2, 0.25) is 0 Å². The zero-order valence-electron chi connectivity index (χ0n) is 8.94. The number of hydrogen-bond acceptors (Lipinski definition) is 2. The normalized spacial score (nSPS) is 10.6. The van der Waals surface area contributed by atoms with E-state index in [1.54, 1.807) is 0 Å². The molecule has 2 aromatic rings. The van der Waals surface area contributed by atoms with Crippen molar-refractivity contribution in [3.05, 3.63) is 47.3 Å². The van der Waals surface area contributed by atoms with Gasteiger partial charge in [0.25, 0.3) is 0 Å². The van der Waals surface area contributed by atoms with E-state index in [9.17, 15) is 0 Å². The SMILES string of the molecule is Cc1cccc(-n2ncc(CS)c2C)c1. The molecule has 2 rings (SSSR count). The van der Waals surface area contributed by atoms with Gasteiger partial charge in [-0.15, -0.1) is 0 Å². The van der Waals surface area contributed by atoms with Crippen LogP contribution in [0, 0.1) is 13.8 Å². The van der Waals surface area contributed by atoms with Gasteiger partial charge in [0, 0.05) is 17.0 Å². The van der Waals surface area contributed by atoms with Crippen molar-refractivity contribution < 1.29 is 0 Å². The van der Waals surface area contributed by atoms with E-state index in [1.165, 1.54) is 11.1 Å². The van der Waals surface area contributed by atoms with Gasteiger partial charge in [-0.05, 0) is 31.5 Å². The van der Waals surface area contributed by atoms with Crippen molar-refractivity contribution in [1.29, 1.82) is 0 Å². The summed E-state index contributed by atoms with van der Waals surface area (Å²) in [5.74, 6) is 0.734. The third-order valence-corrected chi connectivity index (χ3v) is 2.87. The summed E-state index contributed by atoms with van der Waals surface area (Å²) in [4.78, 5) is 0. The van der Waals surface area contributed by atoms with Crippen LogP contribution in [0.5, 0.6) is 0 Å². The quantitative estimate of drug-likeness (QED) is 0.767. The van der Waals surface area contributed by atoms with E-state index in [0.717, 1.165) is 17.1 Å². The second-order valence-electron chi connectivity index (χ2n) is 3.66. The first kappa shape index (κ1) is 10.3. The van der Waals surface area contributed by atoms with Gasteiger partial charge in [0.2, 0.25) is 0 Å². The Balaban J connectivity index is 2.49. The Morgan fingerprint density at radius 2 is 2.13 bits per heavy atom. The molecule has 0 saturated carbocycles. The molecule has 0 unspecified atom stereocenters. The lowest BCUT2D eigenvalue weighted by Crippen LogP contribution is -1.99. The minimum absolute atomic E-state index is 0.734. The first-order chi connectivity index (χ1) is 7.22. The molecule has 2 nitrogen and oxygen atoms in total. The molecule has 0 amide bonds. The van der Waals surface area contributed by atoms with Crippen molar-refractivity contribution in [3.8, 4) is 5.69 Å². The summed E-state index contributed by atoms with van der Waals surface area (Å²) >= 11 is 4.27. The maximum atomic E-state index is 4.37. The smallest absolute Gasteiger partial charge is 0.0651 e. The lowest BCUT2D eigenvalue weighted by atomic mass is 10.2. The highest BCUT2D eigenvalue weighted by Crippen LogP contribution is 2.16. The molecular weight excluding hydrogens is 204 g/mol. The van der Waals surface area contributed by atoms with Gasteiger partial charge in [-0.2, -0.15) is 17.7 Å². The largest absolute Gasteiger partial charge is 0.238 e. The van der Waals surface area contributed by atoms with Crippen molar-refractivity contribution in [3.63, 3.8) is 0 Å². The lowest BCUT2D eigenvalue weighted by molar-refractivity contribution is 0.844. The Kier molecular flexibility index (Phi) is 2.82. The lowest BCUT2D eigenvalue weighted by Gasteiger charge is -2.05. The van der Waals surface area contributed by atoms with Crippen molar-refractivity contribution in [2.45, 2.75) is 19.6 Å². The van der Waals surface area contributed by atoms with Gasteiger partial charge in [0.05, 0.1) is 11.9 Å². The summed E-state index contributed by atoms with van der Waals surface area (Å²) in [6.07, 6.45) is 1.88. The molecule has 78 valence electrons. The Morgan fingerprint density at radius 1 is 1.33 bits per heavy atom. The molecule has 0 aliphatic rings. The molecule has 0 saturated heterocycles. The molecule has 0 radical (unpaired) electrons. The number of thiol groups is 1. The number of hydrogen-bond donors (Lipinski definition) is 1. The van der Waals surface area contributed by atoms with E-state index in [-0.39, 0.29) is 0 Å². The molecule has 0 spiro atoms. The zero-order chi connectivity index (χ0) is 10.8. The minimum atomic E-state index is 0.734. The monoisotopic (exact) mass is 218 g/mol. The molecule has 0 aliphatic heterocycles. The first-order valence-electron chi connectivity index (χ1n) is 4.94. The fourth-order valence-electron chi connectivity index (χ4n) is 1.62. The van der Waals surface area contributed by atoms with Crippen LogP contribution < -0.4 is 0 Å². The first-order valence-corrected chi connectivity index (χ1v) is 5.57. The van der Waals surface area contributed by atoms with Crippen molar-refractivity contribution in [2.24, 2.45) is 0 Å². The molecule has 0 atom stereocenters. The molecule has 1 aromatic carbocycles. The molecule has 0 aliphatic carbocycles. The summed E-state index contributed by atoms with van der Waals surface area (Å²) < 4.78 is 1.96. The van der Waals surface area contributed by atoms with Crippen molar-refractivity contribution in [1.82, 2.24) is 9.78 Å². The molecule has 1 aromatic heterocycles. The Morgan fingerprint density at radius 3 is 2.73 bits per heavy atom. The fraction of sp³-hybridized carbons (Fsp3) is 0.250. The average Bonchev–Trinajstić information content (AvgIpc) is 2.59. The van der Waals surface area contributed by atoms with Gasteiger partial charge in [-0.3, -0.25) is 0 Å². The van der Waals surface area contributed by atoms with E-state index in [1.807, 2.05) is 16.9 Å². The highest BCUT2D eigenvalue weighted by atomic mass is 32.1. The summed E-state index contributed by atoms with van der Waals surface area (Å²) in [5.41, 5.74) is 4.70. The van der Waals surface area contributed by atoms with E-state index >= 15 is 0 Å². The Hall–Kier alpha value is -1.22. The second kappa shape index (κ2) is 4.11. The van der Waals surface area contributed by atoms with Gasteiger partial charge in [0.1, 0.15) is 0 Å². The van der Waals surface area contributed by atoms with E-state index in [0.29, 0.717) is 0 Å². The topological polar surface area (TPSA) is 17.8 Å². The van der Waals surface area contributed by atoms with Crippen LogP contribution in [0.3, 0.4) is 0 Å². The van der Waals surface area contributed by atoms with Crippen molar-refractivity contribution in [2.75, 3.05) is 0 Å². The van der Waals surface area contributed by atoms with Crippen LogP contribution in [0.15, 0.2) is 30.5 Å². The van der Waals surface area contributed by atoms with Gasteiger partial charge >= 0.3 is 0 Å². The molecule has 3 heteroatoms. The maximum absolute atomic E-state index is 4.37. The van der Waals surface area contributed by atoms with E-state index < -0.39 is 0 Å². The predicted octanol–water partition coefficient (Wildman–Crippen LogP) is 2.92. The van der Waals surface area contributed by atoms with Crippen LogP contribution in [-0.2, 0) is 5.75 Å². The van der Waals surface area contributed by atoms with Crippen LogP contribution in [0.4, 0.5) is 0 Å². The summed E-state index contributed by atoms with van der Waals surface area (Å²) in [7, 11) is 0. The maximum Gasteiger partial charge on any atom is 0.0651 e. The van der Waals surface area contributed by atoms with Crippen molar-refractivity contribution >= 4 is 12.6 Å². The van der Waals surface area contributed by atoms with Gasteiger partial charge < -0.3 is 0 Å². The third kappa shape index (κ3) is 1.92. The number of rotatable bonds is 2. The highest BCUT2D eigenvalue weighted by Gasteiger charge is 2.06. The van der Waals surface area contributed by atoms with Gasteiger partial charge in [-0.25, -0.2) is 4.68 Å². The second-order valence-corrected chi connectivity index (χ2v) is 3.98. The van der Waals surface area contributed by atoms with Crippen LogP contribution in [0.25, 0.3) is 5.69 Å². The van der Waals surface area contributed by atoms with Gasteiger partial charge in [0.15, 0.2) is 0 Å². The number of benzene rings is 1. The summed E-state index contributed by atoms with van der Waals surface area (Å²) in [6.45, 7) is 4.16. The minimum Gasteiger partial charge on any atom is -0.238 e. The Bertz CT molecular complexity index is 474. The van der Waals surface area contributed by atoms with E-state index in [2.05, 4.69) is 49.8 Å². The van der Waals surface area contributed by atoms with Crippen LogP contribution in [-0.4, -0.2) is 9.78 Å².